The Kier molecular flexibility index (Phi) is 5.45. The number of hydrogen-bond acceptors (Lipinski definition) is 3. The number of hydrogen-bond donors (Lipinski definition) is 2. The summed E-state index contributed by atoms with van der Waals surface area (Å²) in [7, 11) is 3.83. The van der Waals surface area contributed by atoms with Crippen LogP contribution < -0.4 is 10.6 Å². The Morgan fingerprint density at radius 3 is 2.79 bits per heavy atom. The van der Waals surface area contributed by atoms with E-state index in [2.05, 4.69) is 17.6 Å². The average molecular weight is 200 g/mol. The van der Waals surface area contributed by atoms with Crippen molar-refractivity contribution in [3.63, 3.8) is 0 Å². The zero-order valence-corrected chi connectivity index (χ0v) is 9.68. The Morgan fingerprint density at radius 2 is 2.14 bits per heavy atom. The van der Waals surface area contributed by atoms with E-state index in [1.807, 2.05) is 14.2 Å². The minimum absolute atomic E-state index is 0.441. The molecule has 0 aromatic heterocycles. The van der Waals surface area contributed by atoms with Gasteiger partial charge in [0.1, 0.15) is 0 Å². The van der Waals surface area contributed by atoms with Gasteiger partial charge in [-0.05, 0) is 45.3 Å². The van der Waals surface area contributed by atoms with E-state index in [0.717, 1.165) is 13.1 Å². The van der Waals surface area contributed by atoms with E-state index in [1.165, 1.54) is 19.3 Å². The largest absolute Gasteiger partial charge is 0.380 e. The first kappa shape index (κ1) is 12.0. The molecule has 2 N–H and O–H groups in total. The third-order valence-corrected chi connectivity index (χ3v) is 3.04. The summed E-state index contributed by atoms with van der Waals surface area (Å²) >= 11 is 0. The first-order chi connectivity index (χ1) is 6.77. The van der Waals surface area contributed by atoms with Crippen LogP contribution in [0.2, 0.25) is 0 Å². The Labute approximate surface area is 87.6 Å². The SMILES string of the molecule is CNCC(C)CNC1CCCC1OC. The normalized spacial score (nSPS) is 29.4. The number of nitrogens with one attached hydrogen (secondary N) is 2. The molecule has 3 heteroatoms. The van der Waals surface area contributed by atoms with Crippen LogP contribution in [0.1, 0.15) is 26.2 Å². The average Bonchev–Trinajstić information content (AvgIpc) is 2.62. The smallest absolute Gasteiger partial charge is 0.0724 e. The molecule has 0 amide bonds. The second-order valence-electron chi connectivity index (χ2n) is 4.38. The lowest BCUT2D eigenvalue weighted by Crippen LogP contribution is -2.40. The second kappa shape index (κ2) is 6.38. The first-order valence-corrected chi connectivity index (χ1v) is 5.68. The number of methoxy groups -OCH3 is 1. The summed E-state index contributed by atoms with van der Waals surface area (Å²) in [6.45, 7) is 4.43. The molecule has 1 aliphatic carbocycles. The van der Waals surface area contributed by atoms with Crippen LogP contribution >= 0.6 is 0 Å². The Hall–Kier alpha value is -0.120. The standard InChI is InChI=1S/C11H24N2O/c1-9(7-12-2)8-13-10-5-4-6-11(10)14-3/h9-13H,4-8H2,1-3H3. The second-order valence-corrected chi connectivity index (χ2v) is 4.38. The van der Waals surface area contributed by atoms with E-state index >= 15 is 0 Å². The van der Waals surface area contributed by atoms with E-state index < -0.39 is 0 Å². The van der Waals surface area contributed by atoms with Crippen LogP contribution in [0.3, 0.4) is 0 Å². The van der Waals surface area contributed by atoms with Gasteiger partial charge in [-0.2, -0.15) is 0 Å². The van der Waals surface area contributed by atoms with Crippen molar-refractivity contribution in [3.05, 3.63) is 0 Å². The van der Waals surface area contributed by atoms with Gasteiger partial charge in [0, 0.05) is 13.2 Å². The van der Waals surface area contributed by atoms with Crippen molar-refractivity contribution in [2.24, 2.45) is 5.92 Å². The third-order valence-electron chi connectivity index (χ3n) is 3.04. The summed E-state index contributed by atoms with van der Waals surface area (Å²) in [6, 6.07) is 0.583. The van der Waals surface area contributed by atoms with Crippen LogP contribution in [0.4, 0.5) is 0 Å². The summed E-state index contributed by atoms with van der Waals surface area (Å²) in [5.41, 5.74) is 0. The van der Waals surface area contributed by atoms with Crippen molar-refractivity contribution in [2.75, 3.05) is 27.2 Å². The molecule has 0 saturated heterocycles. The van der Waals surface area contributed by atoms with Gasteiger partial charge in [0.15, 0.2) is 0 Å². The lowest BCUT2D eigenvalue weighted by atomic mass is 10.1. The third kappa shape index (κ3) is 3.56. The summed E-state index contributed by atoms with van der Waals surface area (Å²) in [5.74, 6) is 0.693. The molecule has 1 saturated carbocycles. The minimum atomic E-state index is 0.441. The summed E-state index contributed by atoms with van der Waals surface area (Å²) in [6.07, 6.45) is 4.23. The van der Waals surface area contributed by atoms with Crippen molar-refractivity contribution in [1.82, 2.24) is 10.6 Å². The fourth-order valence-corrected chi connectivity index (χ4v) is 2.21. The van der Waals surface area contributed by atoms with Gasteiger partial charge in [-0.15, -0.1) is 0 Å². The summed E-state index contributed by atoms with van der Waals surface area (Å²) < 4.78 is 5.44. The maximum atomic E-state index is 5.44. The van der Waals surface area contributed by atoms with Gasteiger partial charge in [0.2, 0.25) is 0 Å². The van der Waals surface area contributed by atoms with Crippen molar-refractivity contribution in [1.29, 1.82) is 0 Å². The molecule has 0 aromatic carbocycles. The van der Waals surface area contributed by atoms with Crippen LogP contribution in [0.5, 0.6) is 0 Å². The molecule has 1 aliphatic rings. The fraction of sp³-hybridized carbons (Fsp3) is 1.00. The molecule has 0 radical (unpaired) electrons. The predicted octanol–water partition coefficient (Wildman–Crippen LogP) is 0.999. The molecule has 1 fully saturated rings. The van der Waals surface area contributed by atoms with E-state index in [-0.39, 0.29) is 0 Å². The highest BCUT2D eigenvalue weighted by molar-refractivity contribution is 4.84. The Morgan fingerprint density at radius 1 is 1.36 bits per heavy atom. The van der Waals surface area contributed by atoms with Gasteiger partial charge in [-0.25, -0.2) is 0 Å². The van der Waals surface area contributed by atoms with Gasteiger partial charge >= 0.3 is 0 Å². The fourth-order valence-electron chi connectivity index (χ4n) is 2.21. The van der Waals surface area contributed by atoms with E-state index in [0.29, 0.717) is 18.1 Å². The molecule has 0 aromatic rings. The van der Waals surface area contributed by atoms with Crippen LogP contribution in [0.15, 0.2) is 0 Å². The molecule has 0 heterocycles. The summed E-state index contributed by atoms with van der Waals surface area (Å²) in [5, 5.41) is 6.80. The van der Waals surface area contributed by atoms with Crippen molar-refractivity contribution in [2.45, 2.75) is 38.3 Å². The van der Waals surface area contributed by atoms with Crippen LogP contribution in [0.25, 0.3) is 0 Å². The van der Waals surface area contributed by atoms with Gasteiger partial charge in [-0.3, -0.25) is 0 Å². The molecule has 3 unspecified atom stereocenters. The van der Waals surface area contributed by atoms with Crippen molar-refractivity contribution in [3.8, 4) is 0 Å². The lowest BCUT2D eigenvalue weighted by molar-refractivity contribution is 0.0841. The molecule has 84 valence electrons. The highest BCUT2D eigenvalue weighted by Crippen LogP contribution is 2.21. The van der Waals surface area contributed by atoms with E-state index in [4.69, 9.17) is 4.74 Å². The topological polar surface area (TPSA) is 33.3 Å². The maximum absolute atomic E-state index is 5.44. The highest BCUT2D eigenvalue weighted by Gasteiger charge is 2.26. The van der Waals surface area contributed by atoms with E-state index in [1.54, 1.807) is 0 Å². The molecule has 0 spiro atoms. The van der Waals surface area contributed by atoms with Crippen LogP contribution in [0, 0.1) is 5.92 Å². The van der Waals surface area contributed by atoms with E-state index in [9.17, 15) is 0 Å². The van der Waals surface area contributed by atoms with Crippen LogP contribution in [-0.2, 0) is 4.74 Å². The molecule has 3 nitrogen and oxygen atoms in total. The molecule has 0 aliphatic heterocycles. The van der Waals surface area contributed by atoms with Gasteiger partial charge < -0.3 is 15.4 Å². The predicted molar refractivity (Wildman–Crippen MR) is 59.5 cm³/mol. The molecule has 3 atom stereocenters. The highest BCUT2D eigenvalue weighted by atomic mass is 16.5. The zero-order valence-electron chi connectivity index (χ0n) is 9.68. The maximum Gasteiger partial charge on any atom is 0.0724 e. The van der Waals surface area contributed by atoms with Crippen molar-refractivity contribution < 1.29 is 4.74 Å². The quantitative estimate of drug-likeness (QED) is 0.671. The molecular formula is C11H24N2O. The van der Waals surface area contributed by atoms with Gasteiger partial charge in [0.05, 0.1) is 6.10 Å². The zero-order chi connectivity index (χ0) is 10.4. The number of rotatable bonds is 6. The Bertz CT molecular complexity index is 152. The minimum Gasteiger partial charge on any atom is -0.380 e. The first-order valence-electron chi connectivity index (χ1n) is 5.68. The van der Waals surface area contributed by atoms with Gasteiger partial charge in [-0.1, -0.05) is 6.92 Å². The number of ether oxygens (including phenoxy) is 1. The lowest BCUT2D eigenvalue weighted by Gasteiger charge is -2.21. The monoisotopic (exact) mass is 200 g/mol. The Balaban J connectivity index is 2.16. The van der Waals surface area contributed by atoms with Crippen molar-refractivity contribution >= 4 is 0 Å². The molecule has 14 heavy (non-hydrogen) atoms. The summed E-state index contributed by atoms with van der Waals surface area (Å²) in [4.78, 5) is 0. The van der Waals surface area contributed by atoms with Crippen LogP contribution in [-0.4, -0.2) is 39.4 Å². The molecular weight excluding hydrogens is 176 g/mol. The molecule has 0 bridgehead atoms. The molecule has 1 rings (SSSR count). The van der Waals surface area contributed by atoms with Gasteiger partial charge in [0.25, 0.3) is 0 Å².